The Morgan fingerprint density at radius 3 is 2.67 bits per heavy atom. The molecule has 6 heteroatoms. The van der Waals surface area contributed by atoms with Crippen molar-refractivity contribution in [2.45, 2.75) is 18.9 Å². The number of nitro groups is 1. The van der Waals surface area contributed by atoms with E-state index in [-0.39, 0.29) is 11.6 Å². The van der Waals surface area contributed by atoms with Gasteiger partial charge in [-0.15, -0.1) is 0 Å². The second-order valence-electron chi connectivity index (χ2n) is 4.39. The molecule has 1 N–H and O–H groups in total. The molecule has 1 aromatic rings. The van der Waals surface area contributed by atoms with Crippen LogP contribution in [-0.2, 0) is 0 Å². The molecule has 1 amide bonds. The SMILES string of the molecule is CNc1cc(C(=O)N(C)C2CC2)ccc1[N+](=O)[O-]. The third-order valence-electron chi connectivity index (χ3n) is 3.12. The van der Waals surface area contributed by atoms with Gasteiger partial charge in [-0.05, 0) is 25.0 Å². The Balaban J connectivity index is 2.28. The molecule has 1 aliphatic carbocycles. The Morgan fingerprint density at radius 2 is 2.17 bits per heavy atom. The Morgan fingerprint density at radius 1 is 1.50 bits per heavy atom. The van der Waals surface area contributed by atoms with Gasteiger partial charge < -0.3 is 10.2 Å². The number of carbonyl (C=O) groups excluding carboxylic acids is 1. The van der Waals surface area contributed by atoms with E-state index in [1.807, 2.05) is 0 Å². The number of nitrogens with zero attached hydrogens (tertiary/aromatic N) is 2. The van der Waals surface area contributed by atoms with E-state index >= 15 is 0 Å². The van der Waals surface area contributed by atoms with E-state index < -0.39 is 4.92 Å². The Labute approximate surface area is 105 Å². The molecule has 0 heterocycles. The average Bonchev–Trinajstić information content (AvgIpc) is 3.20. The lowest BCUT2D eigenvalue weighted by Gasteiger charge is -2.16. The second-order valence-corrected chi connectivity index (χ2v) is 4.39. The predicted molar refractivity (Wildman–Crippen MR) is 67.8 cm³/mol. The Hall–Kier alpha value is -2.11. The van der Waals surface area contributed by atoms with Crippen molar-refractivity contribution in [1.29, 1.82) is 0 Å². The molecule has 2 rings (SSSR count). The van der Waals surface area contributed by atoms with Crippen LogP contribution in [0.15, 0.2) is 18.2 Å². The summed E-state index contributed by atoms with van der Waals surface area (Å²) in [7, 11) is 3.36. The summed E-state index contributed by atoms with van der Waals surface area (Å²) in [6.45, 7) is 0. The van der Waals surface area contributed by atoms with Crippen LogP contribution in [0, 0.1) is 10.1 Å². The van der Waals surface area contributed by atoms with Crippen LogP contribution in [-0.4, -0.2) is 35.9 Å². The van der Waals surface area contributed by atoms with Crippen molar-refractivity contribution in [3.8, 4) is 0 Å². The highest BCUT2D eigenvalue weighted by molar-refractivity contribution is 5.96. The van der Waals surface area contributed by atoms with Gasteiger partial charge in [0.05, 0.1) is 4.92 Å². The Bertz CT molecular complexity index is 497. The maximum absolute atomic E-state index is 12.1. The van der Waals surface area contributed by atoms with E-state index in [1.54, 1.807) is 19.0 Å². The van der Waals surface area contributed by atoms with Crippen LogP contribution in [0.1, 0.15) is 23.2 Å². The number of hydrogen-bond donors (Lipinski definition) is 1. The normalized spacial score (nSPS) is 14.1. The molecule has 1 saturated carbocycles. The molecule has 1 fully saturated rings. The van der Waals surface area contributed by atoms with Gasteiger partial charge in [0, 0.05) is 31.8 Å². The molecule has 1 aromatic carbocycles. The molecule has 0 spiro atoms. The van der Waals surface area contributed by atoms with Crippen LogP contribution in [0.4, 0.5) is 11.4 Å². The predicted octanol–water partition coefficient (Wildman–Crippen LogP) is 1.87. The summed E-state index contributed by atoms with van der Waals surface area (Å²) < 4.78 is 0. The van der Waals surface area contributed by atoms with Gasteiger partial charge in [0.1, 0.15) is 5.69 Å². The first-order valence-electron chi connectivity index (χ1n) is 5.78. The molecule has 0 radical (unpaired) electrons. The number of carbonyl (C=O) groups is 1. The van der Waals surface area contributed by atoms with Crippen LogP contribution < -0.4 is 5.32 Å². The molecule has 0 saturated heterocycles. The standard InChI is InChI=1S/C12H15N3O3/c1-13-10-7-8(3-6-11(10)15(17)18)12(16)14(2)9-4-5-9/h3,6-7,9,13H,4-5H2,1-2H3. The number of benzene rings is 1. The first kappa shape index (κ1) is 12.3. The van der Waals surface area contributed by atoms with E-state index in [0.29, 0.717) is 17.3 Å². The summed E-state index contributed by atoms with van der Waals surface area (Å²) in [5, 5.41) is 13.5. The highest BCUT2D eigenvalue weighted by atomic mass is 16.6. The maximum atomic E-state index is 12.1. The maximum Gasteiger partial charge on any atom is 0.292 e. The molecular weight excluding hydrogens is 234 g/mol. The average molecular weight is 249 g/mol. The third kappa shape index (κ3) is 2.27. The molecular formula is C12H15N3O3. The molecule has 1 aliphatic rings. The fourth-order valence-corrected chi connectivity index (χ4v) is 1.86. The van der Waals surface area contributed by atoms with Crippen molar-refractivity contribution in [2.75, 3.05) is 19.4 Å². The number of rotatable bonds is 4. The largest absolute Gasteiger partial charge is 0.383 e. The lowest BCUT2D eigenvalue weighted by Crippen LogP contribution is -2.28. The van der Waals surface area contributed by atoms with Crippen molar-refractivity contribution >= 4 is 17.3 Å². The van der Waals surface area contributed by atoms with Crippen LogP contribution in [0.5, 0.6) is 0 Å². The fraction of sp³-hybridized carbons (Fsp3) is 0.417. The van der Waals surface area contributed by atoms with E-state index in [1.165, 1.54) is 18.2 Å². The summed E-state index contributed by atoms with van der Waals surface area (Å²) in [6, 6.07) is 4.71. The highest BCUT2D eigenvalue weighted by Crippen LogP contribution is 2.29. The van der Waals surface area contributed by atoms with Crippen molar-refractivity contribution in [2.24, 2.45) is 0 Å². The zero-order valence-corrected chi connectivity index (χ0v) is 10.3. The van der Waals surface area contributed by atoms with Gasteiger partial charge in [-0.2, -0.15) is 0 Å². The van der Waals surface area contributed by atoms with Gasteiger partial charge in [-0.1, -0.05) is 0 Å². The lowest BCUT2D eigenvalue weighted by molar-refractivity contribution is -0.383. The second kappa shape index (κ2) is 4.64. The van der Waals surface area contributed by atoms with Gasteiger partial charge in [-0.25, -0.2) is 0 Å². The zero-order valence-electron chi connectivity index (χ0n) is 10.3. The van der Waals surface area contributed by atoms with Crippen molar-refractivity contribution in [3.05, 3.63) is 33.9 Å². The van der Waals surface area contributed by atoms with Crippen molar-refractivity contribution in [3.63, 3.8) is 0 Å². The monoisotopic (exact) mass is 249 g/mol. The van der Waals surface area contributed by atoms with E-state index in [4.69, 9.17) is 0 Å². The molecule has 96 valence electrons. The van der Waals surface area contributed by atoms with Gasteiger partial charge in [0.2, 0.25) is 0 Å². The molecule has 0 aliphatic heterocycles. The van der Waals surface area contributed by atoms with Crippen LogP contribution in [0.25, 0.3) is 0 Å². The van der Waals surface area contributed by atoms with Crippen molar-refractivity contribution < 1.29 is 9.72 Å². The molecule has 0 atom stereocenters. The quantitative estimate of drug-likeness (QED) is 0.653. The minimum atomic E-state index is -0.468. The van der Waals surface area contributed by atoms with E-state index in [9.17, 15) is 14.9 Å². The fourth-order valence-electron chi connectivity index (χ4n) is 1.86. The minimum Gasteiger partial charge on any atom is -0.383 e. The van der Waals surface area contributed by atoms with E-state index in [0.717, 1.165) is 12.8 Å². The van der Waals surface area contributed by atoms with Crippen LogP contribution in [0.2, 0.25) is 0 Å². The highest BCUT2D eigenvalue weighted by Gasteiger charge is 2.30. The van der Waals surface area contributed by atoms with Crippen LogP contribution >= 0.6 is 0 Å². The first-order valence-corrected chi connectivity index (χ1v) is 5.78. The topological polar surface area (TPSA) is 75.5 Å². The van der Waals surface area contributed by atoms with Crippen molar-refractivity contribution in [1.82, 2.24) is 4.90 Å². The number of amides is 1. The molecule has 0 aromatic heterocycles. The molecule has 18 heavy (non-hydrogen) atoms. The number of anilines is 1. The first-order chi connectivity index (χ1) is 8.54. The summed E-state index contributed by atoms with van der Waals surface area (Å²) in [5.74, 6) is -0.0936. The third-order valence-corrected chi connectivity index (χ3v) is 3.12. The molecule has 6 nitrogen and oxygen atoms in total. The number of hydrogen-bond acceptors (Lipinski definition) is 4. The summed E-state index contributed by atoms with van der Waals surface area (Å²) in [4.78, 5) is 24.1. The smallest absolute Gasteiger partial charge is 0.292 e. The van der Waals surface area contributed by atoms with Gasteiger partial charge >= 0.3 is 0 Å². The van der Waals surface area contributed by atoms with Gasteiger partial charge in [0.15, 0.2) is 0 Å². The molecule has 0 bridgehead atoms. The lowest BCUT2D eigenvalue weighted by atomic mass is 10.1. The summed E-state index contributed by atoms with van der Waals surface area (Å²) >= 11 is 0. The summed E-state index contributed by atoms with van der Waals surface area (Å²) in [6.07, 6.45) is 2.07. The van der Waals surface area contributed by atoms with Gasteiger partial charge in [0.25, 0.3) is 11.6 Å². The molecule has 0 unspecified atom stereocenters. The van der Waals surface area contributed by atoms with Gasteiger partial charge in [-0.3, -0.25) is 14.9 Å². The minimum absolute atomic E-state index is 0.0249. The number of nitrogens with one attached hydrogen (secondary N) is 1. The summed E-state index contributed by atoms with van der Waals surface area (Å²) in [5.41, 5.74) is 0.803. The Kier molecular flexibility index (Phi) is 3.18. The number of nitro benzene ring substituents is 1. The van der Waals surface area contributed by atoms with Crippen LogP contribution in [0.3, 0.4) is 0 Å². The van der Waals surface area contributed by atoms with E-state index in [2.05, 4.69) is 5.32 Å². The zero-order chi connectivity index (χ0) is 13.3.